The van der Waals surface area contributed by atoms with E-state index < -0.39 is 10.0 Å². The molecular weight excluding hydrogens is 388 g/mol. The van der Waals surface area contributed by atoms with Crippen molar-refractivity contribution in [2.24, 2.45) is 0 Å². The van der Waals surface area contributed by atoms with Gasteiger partial charge in [-0.1, -0.05) is 36.8 Å². The van der Waals surface area contributed by atoms with Gasteiger partial charge in [0.2, 0.25) is 10.0 Å². The van der Waals surface area contributed by atoms with E-state index in [1.807, 2.05) is 37.3 Å². The SMILES string of the molecule is COc1ccc(C(=O)N(C)Cc2ccccc2)cc1S(=O)(=O)N1CCCC[C@H]1C. The highest BCUT2D eigenvalue weighted by molar-refractivity contribution is 7.89. The highest BCUT2D eigenvalue weighted by atomic mass is 32.2. The maximum atomic E-state index is 13.3. The highest BCUT2D eigenvalue weighted by Crippen LogP contribution is 2.32. The van der Waals surface area contributed by atoms with Gasteiger partial charge in [0.25, 0.3) is 5.91 Å². The molecule has 2 aromatic rings. The second-order valence-electron chi connectivity index (χ2n) is 7.47. The molecule has 1 saturated heterocycles. The normalized spacial score (nSPS) is 17.7. The van der Waals surface area contributed by atoms with E-state index in [4.69, 9.17) is 4.74 Å². The van der Waals surface area contributed by atoms with E-state index >= 15 is 0 Å². The molecule has 2 aromatic carbocycles. The summed E-state index contributed by atoms with van der Waals surface area (Å²) in [5.74, 6) is 0.0182. The Balaban J connectivity index is 1.91. The number of hydrogen-bond acceptors (Lipinski definition) is 4. The van der Waals surface area contributed by atoms with Gasteiger partial charge in [-0.25, -0.2) is 8.42 Å². The minimum atomic E-state index is -3.76. The fourth-order valence-corrected chi connectivity index (χ4v) is 5.60. The largest absolute Gasteiger partial charge is 0.495 e. The van der Waals surface area contributed by atoms with Crippen LogP contribution in [0.3, 0.4) is 0 Å². The standard InChI is InChI=1S/C22H28N2O4S/c1-17-9-7-8-14-24(17)29(26,27)21-15-19(12-13-20(21)28-3)22(25)23(2)16-18-10-5-4-6-11-18/h4-6,10-13,15,17H,7-9,14,16H2,1-3H3/t17-/m1/s1. The van der Waals surface area contributed by atoms with Gasteiger partial charge in [-0.2, -0.15) is 4.31 Å². The quantitative estimate of drug-likeness (QED) is 0.723. The average molecular weight is 417 g/mol. The molecule has 0 aromatic heterocycles. The number of nitrogens with zero attached hydrogens (tertiary/aromatic N) is 2. The molecule has 1 amide bonds. The Morgan fingerprint density at radius 3 is 2.55 bits per heavy atom. The molecular formula is C22H28N2O4S. The number of rotatable bonds is 6. The summed E-state index contributed by atoms with van der Waals surface area (Å²) >= 11 is 0. The van der Waals surface area contributed by atoms with Gasteiger partial charge in [-0.05, 0) is 43.5 Å². The first-order chi connectivity index (χ1) is 13.8. The summed E-state index contributed by atoms with van der Waals surface area (Å²) < 4.78 is 33.5. The lowest BCUT2D eigenvalue weighted by molar-refractivity contribution is 0.0785. The van der Waals surface area contributed by atoms with Crippen LogP contribution in [0.5, 0.6) is 5.75 Å². The van der Waals surface area contributed by atoms with Crippen molar-refractivity contribution in [1.82, 2.24) is 9.21 Å². The molecule has 156 valence electrons. The van der Waals surface area contributed by atoms with Crippen LogP contribution < -0.4 is 4.74 Å². The van der Waals surface area contributed by atoms with Crippen LogP contribution in [-0.4, -0.2) is 50.3 Å². The maximum absolute atomic E-state index is 13.3. The zero-order valence-electron chi connectivity index (χ0n) is 17.2. The number of hydrogen-bond donors (Lipinski definition) is 0. The second-order valence-corrected chi connectivity index (χ2v) is 9.33. The predicted molar refractivity (Wildman–Crippen MR) is 112 cm³/mol. The molecule has 1 aliphatic heterocycles. The van der Waals surface area contributed by atoms with Crippen molar-refractivity contribution >= 4 is 15.9 Å². The lowest BCUT2D eigenvalue weighted by atomic mass is 10.1. The third kappa shape index (κ3) is 4.62. The van der Waals surface area contributed by atoms with E-state index in [2.05, 4.69) is 0 Å². The van der Waals surface area contributed by atoms with Crippen molar-refractivity contribution in [2.75, 3.05) is 20.7 Å². The molecule has 0 spiro atoms. The summed E-state index contributed by atoms with van der Waals surface area (Å²) in [5, 5.41) is 0. The van der Waals surface area contributed by atoms with E-state index in [1.54, 1.807) is 24.1 Å². The molecule has 0 N–H and O–H groups in total. The van der Waals surface area contributed by atoms with Gasteiger partial charge < -0.3 is 9.64 Å². The Bertz CT molecular complexity index is 960. The van der Waals surface area contributed by atoms with E-state index in [0.717, 1.165) is 24.8 Å². The van der Waals surface area contributed by atoms with Crippen LogP contribution in [0.25, 0.3) is 0 Å². The molecule has 0 aliphatic carbocycles. The molecule has 6 nitrogen and oxygen atoms in total. The van der Waals surface area contributed by atoms with Gasteiger partial charge >= 0.3 is 0 Å². The van der Waals surface area contributed by atoms with Crippen molar-refractivity contribution in [1.29, 1.82) is 0 Å². The molecule has 1 heterocycles. The highest BCUT2D eigenvalue weighted by Gasteiger charge is 2.33. The summed E-state index contributed by atoms with van der Waals surface area (Å²) in [6.07, 6.45) is 2.69. The fraction of sp³-hybridized carbons (Fsp3) is 0.409. The zero-order chi connectivity index (χ0) is 21.0. The number of piperidine rings is 1. The molecule has 1 fully saturated rings. The minimum absolute atomic E-state index is 0.0488. The maximum Gasteiger partial charge on any atom is 0.253 e. The van der Waals surface area contributed by atoms with Crippen LogP contribution in [0.1, 0.15) is 42.1 Å². The first kappa shape index (κ1) is 21.3. The summed E-state index contributed by atoms with van der Waals surface area (Å²) in [6, 6.07) is 14.2. The van der Waals surface area contributed by atoms with E-state index in [9.17, 15) is 13.2 Å². The Morgan fingerprint density at radius 1 is 1.17 bits per heavy atom. The fourth-order valence-electron chi connectivity index (χ4n) is 3.72. The molecule has 1 atom stereocenters. The Hall–Kier alpha value is -2.38. The third-order valence-corrected chi connectivity index (χ3v) is 7.38. The van der Waals surface area contributed by atoms with E-state index in [1.165, 1.54) is 17.5 Å². The van der Waals surface area contributed by atoms with Gasteiger partial charge in [0.1, 0.15) is 10.6 Å². The lowest BCUT2D eigenvalue weighted by Gasteiger charge is -2.32. The Labute approximate surface area is 173 Å². The van der Waals surface area contributed by atoms with Crippen molar-refractivity contribution in [3.63, 3.8) is 0 Å². The third-order valence-electron chi connectivity index (χ3n) is 5.35. The topological polar surface area (TPSA) is 66.9 Å². The van der Waals surface area contributed by atoms with Crippen molar-refractivity contribution < 1.29 is 17.9 Å². The predicted octanol–water partition coefficient (Wildman–Crippen LogP) is 3.53. The Morgan fingerprint density at radius 2 is 1.90 bits per heavy atom. The molecule has 1 aliphatic rings. The smallest absolute Gasteiger partial charge is 0.253 e. The minimum Gasteiger partial charge on any atom is -0.495 e. The van der Waals surface area contributed by atoms with Crippen LogP contribution in [-0.2, 0) is 16.6 Å². The van der Waals surface area contributed by atoms with E-state index in [0.29, 0.717) is 18.7 Å². The summed E-state index contributed by atoms with van der Waals surface area (Å²) in [6.45, 7) is 2.85. The van der Waals surface area contributed by atoms with Crippen molar-refractivity contribution in [2.45, 2.75) is 43.7 Å². The van der Waals surface area contributed by atoms with Gasteiger partial charge in [-0.15, -0.1) is 0 Å². The van der Waals surface area contributed by atoms with Gasteiger partial charge in [-0.3, -0.25) is 4.79 Å². The number of carbonyl (C=O) groups is 1. The first-order valence-electron chi connectivity index (χ1n) is 9.84. The summed E-state index contributed by atoms with van der Waals surface area (Å²) in [5.41, 5.74) is 1.33. The average Bonchev–Trinajstić information content (AvgIpc) is 2.73. The molecule has 0 bridgehead atoms. The van der Waals surface area contributed by atoms with Crippen molar-refractivity contribution in [3.8, 4) is 5.75 Å². The molecule has 0 radical (unpaired) electrons. The summed E-state index contributed by atoms with van der Waals surface area (Å²) in [4.78, 5) is 14.6. The number of benzene rings is 2. The zero-order valence-corrected chi connectivity index (χ0v) is 18.0. The second kappa shape index (κ2) is 8.97. The Kier molecular flexibility index (Phi) is 6.59. The summed E-state index contributed by atoms with van der Waals surface area (Å²) in [7, 11) is -0.607. The van der Waals surface area contributed by atoms with Crippen LogP contribution in [0.2, 0.25) is 0 Å². The van der Waals surface area contributed by atoms with Crippen LogP contribution >= 0.6 is 0 Å². The molecule has 29 heavy (non-hydrogen) atoms. The first-order valence-corrected chi connectivity index (χ1v) is 11.3. The van der Waals surface area contributed by atoms with Gasteiger partial charge in [0, 0.05) is 31.7 Å². The number of carbonyl (C=O) groups excluding carboxylic acids is 1. The number of amides is 1. The lowest BCUT2D eigenvalue weighted by Crippen LogP contribution is -2.42. The monoisotopic (exact) mass is 416 g/mol. The molecule has 7 heteroatoms. The molecule has 0 unspecified atom stereocenters. The number of methoxy groups -OCH3 is 1. The van der Waals surface area contributed by atoms with Gasteiger partial charge in [0.15, 0.2) is 0 Å². The van der Waals surface area contributed by atoms with Crippen LogP contribution in [0.15, 0.2) is 53.4 Å². The van der Waals surface area contributed by atoms with Crippen molar-refractivity contribution in [3.05, 3.63) is 59.7 Å². The molecule has 3 rings (SSSR count). The van der Waals surface area contributed by atoms with E-state index in [-0.39, 0.29) is 22.6 Å². The molecule has 0 saturated carbocycles. The number of sulfonamides is 1. The van der Waals surface area contributed by atoms with Crippen LogP contribution in [0, 0.1) is 0 Å². The van der Waals surface area contributed by atoms with Gasteiger partial charge in [0.05, 0.1) is 7.11 Å². The van der Waals surface area contributed by atoms with Crippen LogP contribution in [0.4, 0.5) is 0 Å². The number of ether oxygens (including phenoxy) is 1.